The van der Waals surface area contributed by atoms with E-state index in [4.69, 9.17) is 0 Å². The fourth-order valence-electron chi connectivity index (χ4n) is 2.14. The molecule has 0 aliphatic rings. The molecule has 0 aliphatic carbocycles. The maximum absolute atomic E-state index is 4.65. The van der Waals surface area contributed by atoms with Crippen molar-refractivity contribution in [2.24, 2.45) is 10.9 Å². The summed E-state index contributed by atoms with van der Waals surface area (Å²) in [5.41, 5.74) is 0. The normalized spacial score (nSPS) is 13.1. The van der Waals surface area contributed by atoms with Gasteiger partial charge in [-0.15, -0.1) is 35.3 Å². The van der Waals surface area contributed by atoms with Gasteiger partial charge in [0.1, 0.15) is 0 Å². The van der Waals surface area contributed by atoms with Crippen LogP contribution in [0, 0.1) is 5.92 Å². The number of rotatable bonds is 8. The Labute approximate surface area is 156 Å². The highest BCUT2D eigenvalue weighted by Gasteiger charge is 2.13. The van der Waals surface area contributed by atoms with E-state index >= 15 is 0 Å². The number of hydrogen-bond acceptors (Lipinski definition) is 3. The number of halogens is 1. The predicted molar refractivity (Wildman–Crippen MR) is 109 cm³/mol. The van der Waals surface area contributed by atoms with Gasteiger partial charge in [0, 0.05) is 24.0 Å². The maximum atomic E-state index is 4.65. The fraction of sp³-hybridized carbons (Fsp3) is 0.688. The van der Waals surface area contributed by atoms with Gasteiger partial charge in [-0.25, -0.2) is 4.99 Å². The number of guanidine groups is 1. The Morgan fingerprint density at radius 2 is 2.05 bits per heavy atom. The van der Waals surface area contributed by atoms with Crippen LogP contribution in [0.5, 0.6) is 0 Å². The molecule has 0 radical (unpaired) electrons. The first kappa shape index (κ1) is 21.7. The number of likely N-dealkylation sites (N-methyl/N-ethyl adjacent to an activating group) is 1. The molecule has 1 heterocycles. The molecule has 1 atom stereocenters. The minimum absolute atomic E-state index is 0. The van der Waals surface area contributed by atoms with E-state index in [1.165, 1.54) is 11.3 Å². The summed E-state index contributed by atoms with van der Waals surface area (Å²) in [6.07, 6.45) is 1.18. The first-order valence-corrected chi connectivity index (χ1v) is 8.61. The van der Waals surface area contributed by atoms with Gasteiger partial charge in [-0.05, 0) is 44.8 Å². The minimum atomic E-state index is 0. The van der Waals surface area contributed by atoms with Crippen molar-refractivity contribution in [3.05, 3.63) is 22.4 Å². The molecular formula is C16H31IN4S. The van der Waals surface area contributed by atoms with Crippen molar-refractivity contribution in [2.75, 3.05) is 27.2 Å². The lowest BCUT2D eigenvalue weighted by Crippen LogP contribution is -2.45. The molecule has 128 valence electrons. The zero-order chi connectivity index (χ0) is 15.7. The highest BCUT2D eigenvalue weighted by molar-refractivity contribution is 14.0. The quantitative estimate of drug-likeness (QED) is 0.371. The van der Waals surface area contributed by atoms with E-state index in [2.05, 4.69) is 72.9 Å². The topological polar surface area (TPSA) is 39.7 Å². The number of nitrogens with zero attached hydrogens (tertiary/aromatic N) is 2. The Balaban J connectivity index is 0.00000441. The van der Waals surface area contributed by atoms with Crippen molar-refractivity contribution < 1.29 is 0 Å². The zero-order valence-electron chi connectivity index (χ0n) is 14.4. The van der Waals surface area contributed by atoms with Crippen molar-refractivity contribution in [3.8, 4) is 0 Å². The van der Waals surface area contributed by atoms with E-state index in [-0.39, 0.29) is 24.0 Å². The van der Waals surface area contributed by atoms with E-state index in [0.717, 1.165) is 25.6 Å². The second kappa shape index (κ2) is 12.1. The highest BCUT2D eigenvalue weighted by atomic mass is 127. The van der Waals surface area contributed by atoms with Gasteiger partial charge in [0.2, 0.25) is 0 Å². The lowest BCUT2D eigenvalue weighted by molar-refractivity contribution is 0.254. The number of aliphatic imine (C=N–C) groups is 1. The van der Waals surface area contributed by atoms with Crippen LogP contribution in [0.15, 0.2) is 22.5 Å². The van der Waals surface area contributed by atoms with Crippen molar-refractivity contribution in [1.29, 1.82) is 0 Å². The van der Waals surface area contributed by atoms with E-state index in [0.29, 0.717) is 12.0 Å². The van der Waals surface area contributed by atoms with E-state index in [1.807, 2.05) is 0 Å². The van der Waals surface area contributed by atoms with Gasteiger partial charge < -0.3 is 15.5 Å². The number of nitrogens with one attached hydrogen (secondary N) is 2. The van der Waals surface area contributed by atoms with Gasteiger partial charge >= 0.3 is 0 Å². The molecule has 4 nitrogen and oxygen atoms in total. The summed E-state index contributed by atoms with van der Waals surface area (Å²) in [7, 11) is 4.29. The summed E-state index contributed by atoms with van der Waals surface area (Å²) < 4.78 is 0. The summed E-state index contributed by atoms with van der Waals surface area (Å²) in [5.74, 6) is 1.60. The SMILES string of the molecule is CCNC(=NCc1cccs1)NCC(CC(C)C)N(C)C.I. The van der Waals surface area contributed by atoms with Crippen LogP contribution in [-0.2, 0) is 6.54 Å². The molecule has 6 heteroatoms. The predicted octanol–water partition coefficient (Wildman–Crippen LogP) is 3.40. The van der Waals surface area contributed by atoms with Crippen LogP contribution in [0.1, 0.15) is 32.1 Å². The second-order valence-corrected chi connectivity index (χ2v) is 6.93. The van der Waals surface area contributed by atoms with Crippen molar-refractivity contribution in [1.82, 2.24) is 15.5 Å². The molecule has 1 aromatic heterocycles. The van der Waals surface area contributed by atoms with Gasteiger partial charge in [-0.3, -0.25) is 0 Å². The van der Waals surface area contributed by atoms with E-state index in [9.17, 15) is 0 Å². The third kappa shape index (κ3) is 8.95. The van der Waals surface area contributed by atoms with Crippen LogP contribution in [-0.4, -0.2) is 44.1 Å². The molecule has 0 bridgehead atoms. The average molecular weight is 438 g/mol. The molecule has 0 amide bonds. The molecule has 22 heavy (non-hydrogen) atoms. The second-order valence-electron chi connectivity index (χ2n) is 5.90. The summed E-state index contributed by atoms with van der Waals surface area (Å²) in [5, 5.41) is 8.88. The number of hydrogen-bond donors (Lipinski definition) is 2. The first-order valence-electron chi connectivity index (χ1n) is 7.73. The largest absolute Gasteiger partial charge is 0.357 e. The van der Waals surface area contributed by atoms with Gasteiger partial charge in [0.25, 0.3) is 0 Å². The summed E-state index contributed by atoms with van der Waals surface area (Å²) in [6.45, 7) is 9.18. The van der Waals surface area contributed by atoms with Crippen molar-refractivity contribution >= 4 is 41.3 Å². The molecule has 1 aromatic rings. The molecule has 2 N–H and O–H groups in total. The average Bonchev–Trinajstić information content (AvgIpc) is 2.92. The molecule has 0 aromatic carbocycles. The van der Waals surface area contributed by atoms with Crippen molar-refractivity contribution in [3.63, 3.8) is 0 Å². The van der Waals surface area contributed by atoms with Crippen LogP contribution in [0.3, 0.4) is 0 Å². The monoisotopic (exact) mass is 438 g/mol. The van der Waals surface area contributed by atoms with Gasteiger partial charge in [0.15, 0.2) is 5.96 Å². The Kier molecular flexibility index (Phi) is 11.9. The number of thiophene rings is 1. The highest BCUT2D eigenvalue weighted by Crippen LogP contribution is 2.10. The fourth-order valence-corrected chi connectivity index (χ4v) is 2.76. The summed E-state index contributed by atoms with van der Waals surface area (Å²) in [4.78, 5) is 8.23. The summed E-state index contributed by atoms with van der Waals surface area (Å²) >= 11 is 1.75. The summed E-state index contributed by atoms with van der Waals surface area (Å²) in [6, 6.07) is 4.72. The van der Waals surface area contributed by atoms with Crippen molar-refractivity contribution in [2.45, 2.75) is 39.8 Å². The lowest BCUT2D eigenvalue weighted by Gasteiger charge is -2.27. The van der Waals surface area contributed by atoms with E-state index < -0.39 is 0 Å². The Morgan fingerprint density at radius 1 is 1.32 bits per heavy atom. The van der Waals surface area contributed by atoms with Gasteiger partial charge in [-0.2, -0.15) is 0 Å². The molecule has 0 spiro atoms. The van der Waals surface area contributed by atoms with Crippen LogP contribution in [0.2, 0.25) is 0 Å². The zero-order valence-corrected chi connectivity index (χ0v) is 17.6. The Hall–Kier alpha value is -0.340. The molecule has 0 saturated heterocycles. The first-order chi connectivity index (χ1) is 10.0. The Bertz CT molecular complexity index is 404. The third-order valence-electron chi connectivity index (χ3n) is 3.30. The molecule has 0 saturated carbocycles. The smallest absolute Gasteiger partial charge is 0.191 e. The molecular weight excluding hydrogens is 407 g/mol. The minimum Gasteiger partial charge on any atom is -0.357 e. The lowest BCUT2D eigenvalue weighted by atomic mass is 10.0. The van der Waals surface area contributed by atoms with Crippen LogP contribution in [0.25, 0.3) is 0 Å². The third-order valence-corrected chi connectivity index (χ3v) is 4.16. The van der Waals surface area contributed by atoms with Crippen LogP contribution >= 0.6 is 35.3 Å². The van der Waals surface area contributed by atoms with Crippen LogP contribution in [0.4, 0.5) is 0 Å². The molecule has 1 rings (SSSR count). The van der Waals surface area contributed by atoms with E-state index in [1.54, 1.807) is 11.3 Å². The molecule has 0 aliphatic heterocycles. The van der Waals surface area contributed by atoms with Gasteiger partial charge in [0.05, 0.1) is 6.54 Å². The molecule has 1 unspecified atom stereocenters. The molecule has 0 fully saturated rings. The van der Waals surface area contributed by atoms with Gasteiger partial charge in [-0.1, -0.05) is 19.9 Å². The van der Waals surface area contributed by atoms with Crippen LogP contribution < -0.4 is 10.6 Å². The maximum Gasteiger partial charge on any atom is 0.191 e. The standard InChI is InChI=1S/C16H30N4S.HI/c1-6-17-16(19-12-15-8-7-9-21-15)18-11-14(20(4)5)10-13(2)3;/h7-9,13-14H,6,10-12H2,1-5H3,(H2,17,18,19);1H. The Morgan fingerprint density at radius 3 is 2.55 bits per heavy atom.